The van der Waals surface area contributed by atoms with E-state index in [1.165, 1.54) is 4.90 Å². The lowest BCUT2D eigenvalue weighted by Gasteiger charge is -2.11. The summed E-state index contributed by atoms with van der Waals surface area (Å²) < 4.78 is 0. The van der Waals surface area contributed by atoms with Crippen molar-refractivity contribution < 1.29 is 4.79 Å². The second-order valence-electron chi connectivity index (χ2n) is 5.11. The van der Waals surface area contributed by atoms with Crippen molar-refractivity contribution in [1.29, 1.82) is 0 Å². The molecule has 0 heterocycles. The van der Waals surface area contributed by atoms with E-state index in [2.05, 4.69) is 39.8 Å². The van der Waals surface area contributed by atoms with E-state index >= 15 is 0 Å². The summed E-state index contributed by atoms with van der Waals surface area (Å²) in [5, 5.41) is 0. The molecule has 100 valence electrons. The molecule has 0 spiro atoms. The Morgan fingerprint density at radius 2 is 1.67 bits per heavy atom. The minimum Gasteiger partial charge on any atom is -0.294 e. The first kappa shape index (κ1) is 15.3. The summed E-state index contributed by atoms with van der Waals surface area (Å²) in [5.41, 5.74) is 0.859. The van der Waals surface area contributed by atoms with Gasteiger partial charge in [-0.1, -0.05) is 39.8 Å². The number of hydrogen-bond acceptors (Lipinski definition) is 2. The number of Topliss-reactive ketones (excluding diaryl/α,β-unsaturated/α-hetero) is 1. The average Bonchev–Trinajstić information content (AvgIpc) is 2.38. The quantitative estimate of drug-likeness (QED) is 0.506. The highest BCUT2D eigenvalue weighted by Gasteiger charge is 2.15. The molecule has 0 fully saturated rings. The highest BCUT2D eigenvalue weighted by Crippen LogP contribution is 2.22. The summed E-state index contributed by atoms with van der Waals surface area (Å²) >= 11 is 1.86. The van der Waals surface area contributed by atoms with Gasteiger partial charge in [-0.05, 0) is 30.9 Å². The number of ketones is 1. The molecule has 0 radical (unpaired) electrons. The standard InChI is InChI=1S/C16H24OS/c1-5-13(6-2)16(17)14-7-9-15(10-8-14)18-11-12(3)4/h7-10,12-13H,5-6,11H2,1-4H3. The van der Waals surface area contributed by atoms with Crippen molar-refractivity contribution in [2.24, 2.45) is 11.8 Å². The molecule has 0 aliphatic heterocycles. The molecule has 18 heavy (non-hydrogen) atoms. The normalized spacial score (nSPS) is 11.2. The van der Waals surface area contributed by atoms with Gasteiger partial charge in [0.25, 0.3) is 0 Å². The Bertz CT molecular complexity index is 363. The molecule has 0 aromatic heterocycles. The molecule has 0 aliphatic rings. The van der Waals surface area contributed by atoms with Crippen LogP contribution in [-0.4, -0.2) is 11.5 Å². The number of benzene rings is 1. The van der Waals surface area contributed by atoms with Gasteiger partial charge >= 0.3 is 0 Å². The second-order valence-corrected chi connectivity index (χ2v) is 6.20. The maximum absolute atomic E-state index is 12.2. The monoisotopic (exact) mass is 264 g/mol. The SMILES string of the molecule is CCC(CC)C(=O)c1ccc(SCC(C)C)cc1. The molecule has 0 saturated heterocycles. The summed E-state index contributed by atoms with van der Waals surface area (Å²) in [6.07, 6.45) is 1.86. The van der Waals surface area contributed by atoms with Gasteiger partial charge in [-0.3, -0.25) is 4.79 Å². The Labute approximate surface area is 115 Å². The molecule has 0 unspecified atom stereocenters. The highest BCUT2D eigenvalue weighted by atomic mass is 32.2. The molecule has 0 amide bonds. The van der Waals surface area contributed by atoms with Crippen molar-refractivity contribution in [3.63, 3.8) is 0 Å². The van der Waals surface area contributed by atoms with Crippen molar-refractivity contribution in [3.05, 3.63) is 29.8 Å². The van der Waals surface area contributed by atoms with Crippen LogP contribution in [0.2, 0.25) is 0 Å². The molecular formula is C16H24OS. The van der Waals surface area contributed by atoms with Crippen LogP contribution >= 0.6 is 11.8 Å². The molecule has 0 aliphatic carbocycles. The fourth-order valence-electron chi connectivity index (χ4n) is 1.87. The van der Waals surface area contributed by atoms with E-state index in [1.807, 2.05) is 23.9 Å². The summed E-state index contributed by atoms with van der Waals surface area (Å²) in [6, 6.07) is 8.10. The molecule has 1 aromatic rings. The molecule has 0 N–H and O–H groups in total. The van der Waals surface area contributed by atoms with Crippen LogP contribution in [0, 0.1) is 11.8 Å². The predicted molar refractivity (Wildman–Crippen MR) is 80.4 cm³/mol. The smallest absolute Gasteiger partial charge is 0.165 e. The highest BCUT2D eigenvalue weighted by molar-refractivity contribution is 7.99. The molecule has 1 aromatic carbocycles. The fraction of sp³-hybridized carbons (Fsp3) is 0.562. The molecule has 0 atom stereocenters. The van der Waals surface area contributed by atoms with E-state index in [1.54, 1.807) is 0 Å². The van der Waals surface area contributed by atoms with Gasteiger partial charge in [0.05, 0.1) is 0 Å². The topological polar surface area (TPSA) is 17.1 Å². The van der Waals surface area contributed by atoms with Gasteiger partial charge in [-0.25, -0.2) is 0 Å². The zero-order valence-corrected chi connectivity index (χ0v) is 12.7. The van der Waals surface area contributed by atoms with Crippen LogP contribution in [0.1, 0.15) is 50.9 Å². The Balaban J connectivity index is 2.67. The maximum Gasteiger partial charge on any atom is 0.165 e. The van der Waals surface area contributed by atoms with Crippen LogP contribution in [0.4, 0.5) is 0 Å². The zero-order valence-electron chi connectivity index (χ0n) is 11.9. The van der Waals surface area contributed by atoms with Crippen LogP contribution in [-0.2, 0) is 0 Å². The van der Waals surface area contributed by atoms with Crippen molar-refractivity contribution in [2.45, 2.75) is 45.4 Å². The Hall–Kier alpha value is -0.760. The zero-order chi connectivity index (χ0) is 13.5. The largest absolute Gasteiger partial charge is 0.294 e. The summed E-state index contributed by atoms with van der Waals surface area (Å²) in [4.78, 5) is 13.4. The molecule has 0 bridgehead atoms. The number of hydrogen-bond donors (Lipinski definition) is 0. The van der Waals surface area contributed by atoms with E-state index in [4.69, 9.17) is 0 Å². The summed E-state index contributed by atoms with van der Waals surface area (Å²) in [5.74, 6) is 2.29. The first-order chi connectivity index (χ1) is 8.58. The minimum absolute atomic E-state index is 0.180. The van der Waals surface area contributed by atoms with Crippen molar-refractivity contribution in [2.75, 3.05) is 5.75 Å². The Kier molecular flexibility index (Phi) is 6.48. The van der Waals surface area contributed by atoms with Crippen molar-refractivity contribution in [1.82, 2.24) is 0 Å². The molecule has 1 rings (SSSR count). The lowest BCUT2D eigenvalue weighted by molar-refractivity contribution is 0.0913. The summed E-state index contributed by atoms with van der Waals surface area (Å²) in [6.45, 7) is 8.60. The maximum atomic E-state index is 12.2. The average molecular weight is 264 g/mol. The van der Waals surface area contributed by atoms with E-state index < -0.39 is 0 Å². The molecule has 0 saturated carbocycles. The molecule has 2 heteroatoms. The summed E-state index contributed by atoms with van der Waals surface area (Å²) in [7, 11) is 0. The van der Waals surface area contributed by atoms with Crippen LogP contribution < -0.4 is 0 Å². The van der Waals surface area contributed by atoms with Gasteiger partial charge < -0.3 is 0 Å². The van der Waals surface area contributed by atoms with E-state index in [-0.39, 0.29) is 5.92 Å². The van der Waals surface area contributed by atoms with Gasteiger partial charge in [-0.15, -0.1) is 11.8 Å². The third kappa shape index (κ3) is 4.49. The Morgan fingerprint density at radius 3 is 2.11 bits per heavy atom. The van der Waals surface area contributed by atoms with Gasteiger partial charge in [0, 0.05) is 22.1 Å². The molecule has 1 nitrogen and oxygen atoms in total. The predicted octanol–water partition coefficient (Wildman–Crippen LogP) is 5.05. The second kappa shape index (κ2) is 7.63. The van der Waals surface area contributed by atoms with E-state index in [9.17, 15) is 4.79 Å². The Morgan fingerprint density at radius 1 is 1.11 bits per heavy atom. The number of carbonyl (C=O) groups excluding carboxylic acids is 1. The first-order valence-electron chi connectivity index (χ1n) is 6.85. The van der Waals surface area contributed by atoms with Crippen molar-refractivity contribution >= 4 is 17.5 Å². The fourth-order valence-corrected chi connectivity index (χ4v) is 2.73. The van der Waals surface area contributed by atoms with Gasteiger partial charge in [-0.2, -0.15) is 0 Å². The minimum atomic E-state index is 0.180. The van der Waals surface area contributed by atoms with E-state index in [0.29, 0.717) is 11.7 Å². The number of rotatable bonds is 7. The van der Waals surface area contributed by atoms with Crippen LogP contribution in [0.15, 0.2) is 29.2 Å². The third-order valence-corrected chi connectivity index (χ3v) is 4.52. The first-order valence-corrected chi connectivity index (χ1v) is 7.84. The number of thioether (sulfide) groups is 1. The lowest BCUT2D eigenvalue weighted by Crippen LogP contribution is -2.12. The van der Waals surface area contributed by atoms with Crippen LogP contribution in [0.5, 0.6) is 0 Å². The van der Waals surface area contributed by atoms with Crippen LogP contribution in [0.25, 0.3) is 0 Å². The molecular weight excluding hydrogens is 240 g/mol. The van der Waals surface area contributed by atoms with E-state index in [0.717, 1.165) is 24.2 Å². The van der Waals surface area contributed by atoms with Gasteiger partial charge in [0.1, 0.15) is 0 Å². The van der Waals surface area contributed by atoms with Gasteiger partial charge in [0.15, 0.2) is 5.78 Å². The lowest BCUT2D eigenvalue weighted by atomic mass is 9.93. The van der Waals surface area contributed by atoms with Gasteiger partial charge in [0.2, 0.25) is 0 Å². The number of carbonyl (C=O) groups is 1. The van der Waals surface area contributed by atoms with Crippen LogP contribution in [0.3, 0.4) is 0 Å². The third-order valence-electron chi connectivity index (χ3n) is 3.08. The van der Waals surface area contributed by atoms with Crippen molar-refractivity contribution in [3.8, 4) is 0 Å².